The van der Waals surface area contributed by atoms with Gasteiger partial charge in [0.15, 0.2) is 0 Å². The van der Waals surface area contributed by atoms with E-state index in [-0.39, 0.29) is 24.5 Å². The second-order valence-electron chi connectivity index (χ2n) is 15.7. The average Bonchev–Trinajstić information content (AvgIpc) is 3.14. The predicted molar refractivity (Wildman–Crippen MR) is 226 cm³/mol. The maximum absolute atomic E-state index is 12.7. The molecule has 0 aromatic carbocycles. The van der Waals surface area contributed by atoms with Gasteiger partial charge in [0.1, 0.15) is 12.6 Å². The number of rotatable bonds is 42. The molecule has 0 bridgehead atoms. The Balaban J connectivity index is 3.95. The molecule has 1 unspecified atom stereocenters. The smallest absolute Gasteiger partial charge is 0.322 e. The summed E-state index contributed by atoms with van der Waals surface area (Å²) in [7, 11) is 0. The lowest BCUT2D eigenvalue weighted by atomic mass is 10.0. The summed E-state index contributed by atoms with van der Waals surface area (Å²) in [5.41, 5.74) is 0. The third kappa shape index (κ3) is 42.5. The van der Waals surface area contributed by atoms with Gasteiger partial charge >= 0.3 is 11.9 Å². The van der Waals surface area contributed by atoms with E-state index in [1.165, 1.54) is 167 Å². The number of hydrogen-bond acceptors (Lipinski definition) is 4. The molecule has 1 amide bonds. The molecular weight excluding hydrogens is 659 g/mol. The Labute approximate surface area is 328 Å². The first-order valence-corrected chi connectivity index (χ1v) is 23.0. The van der Waals surface area contributed by atoms with E-state index in [0.29, 0.717) is 12.8 Å². The molecule has 6 nitrogen and oxygen atoms in total. The van der Waals surface area contributed by atoms with Gasteiger partial charge in [-0.2, -0.15) is 0 Å². The highest BCUT2D eigenvalue weighted by Crippen LogP contribution is 2.17. The molecule has 1 atom stereocenters. The van der Waals surface area contributed by atoms with Crippen LogP contribution in [0.25, 0.3) is 0 Å². The molecule has 53 heavy (non-hydrogen) atoms. The number of carboxylic acid groups (broad SMARTS) is 1. The minimum atomic E-state index is -1.02. The van der Waals surface area contributed by atoms with E-state index < -0.39 is 5.97 Å². The molecule has 6 heteroatoms. The number of unbranched alkanes of at least 4 members (excludes halogenated alkanes) is 29. The van der Waals surface area contributed by atoms with Crippen molar-refractivity contribution in [2.45, 2.75) is 251 Å². The first-order valence-electron chi connectivity index (χ1n) is 23.0. The van der Waals surface area contributed by atoms with Crippen LogP contribution in [0.2, 0.25) is 0 Å². The lowest BCUT2D eigenvalue weighted by Gasteiger charge is -2.15. The third-order valence-electron chi connectivity index (χ3n) is 10.3. The number of aliphatic carboxylic acids is 1. The van der Waals surface area contributed by atoms with Gasteiger partial charge in [-0.3, -0.25) is 14.4 Å². The van der Waals surface area contributed by atoms with E-state index in [1.807, 2.05) is 0 Å². The Morgan fingerprint density at radius 2 is 0.868 bits per heavy atom. The summed E-state index contributed by atoms with van der Waals surface area (Å²) in [6.07, 6.45) is 51.9. The zero-order chi connectivity index (χ0) is 38.7. The standard InChI is InChI=1S/C47H87NO5/c1-3-5-7-9-11-13-14-15-16-17-18-19-20-21-22-23-24-25-26-28-30-32-38-42-47(52)53-44(39-35-31-29-27-12-10-8-6-4-2)40-36-33-34-37-41-45(49)48-43-46(50)51/h17-18,35,39,44H,3-16,19-34,36-38,40-43H2,1-2H3,(H,48,49)(H,50,51)/b18-17-,39-35-. The summed E-state index contributed by atoms with van der Waals surface area (Å²) in [5.74, 6) is -1.32. The first-order chi connectivity index (χ1) is 26.0. The molecule has 0 aliphatic heterocycles. The van der Waals surface area contributed by atoms with Crippen LogP contribution >= 0.6 is 0 Å². The monoisotopic (exact) mass is 746 g/mol. The zero-order valence-electron chi connectivity index (χ0n) is 35.1. The highest BCUT2D eigenvalue weighted by Gasteiger charge is 2.12. The summed E-state index contributed by atoms with van der Waals surface area (Å²) in [4.78, 5) is 35.0. The minimum absolute atomic E-state index is 0.0790. The Morgan fingerprint density at radius 3 is 1.32 bits per heavy atom. The van der Waals surface area contributed by atoms with Gasteiger partial charge < -0.3 is 15.2 Å². The van der Waals surface area contributed by atoms with Crippen LogP contribution in [-0.4, -0.2) is 35.6 Å². The van der Waals surface area contributed by atoms with Crippen LogP contribution in [0.1, 0.15) is 245 Å². The van der Waals surface area contributed by atoms with Crippen LogP contribution < -0.4 is 5.32 Å². The zero-order valence-corrected chi connectivity index (χ0v) is 35.1. The Hall–Kier alpha value is -2.11. The molecule has 0 aliphatic carbocycles. The van der Waals surface area contributed by atoms with Gasteiger partial charge in [0.05, 0.1) is 0 Å². The summed E-state index contributed by atoms with van der Waals surface area (Å²) in [5, 5.41) is 11.1. The minimum Gasteiger partial charge on any atom is -0.480 e. The van der Waals surface area contributed by atoms with Crippen molar-refractivity contribution in [2.24, 2.45) is 0 Å². The Kier molecular flexibility index (Phi) is 40.9. The number of amides is 1. The van der Waals surface area contributed by atoms with Crippen molar-refractivity contribution in [3.8, 4) is 0 Å². The summed E-state index contributed by atoms with van der Waals surface area (Å²) in [6.45, 7) is 4.21. The van der Waals surface area contributed by atoms with Crippen molar-refractivity contribution in [2.75, 3.05) is 6.54 Å². The fraction of sp³-hybridized carbons (Fsp3) is 0.851. The van der Waals surface area contributed by atoms with E-state index >= 15 is 0 Å². The van der Waals surface area contributed by atoms with Gasteiger partial charge in [0, 0.05) is 12.8 Å². The second kappa shape index (κ2) is 42.6. The summed E-state index contributed by atoms with van der Waals surface area (Å²) in [6, 6.07) is 0. The molecule has 0 radical (unpaired) electrons. The highest BCUT2D eigenvalue weighted by molar-refractivity contribution is 5.80. The second-order valence-corrected chi connectivity index (χ2v) is 15.7. The van der Waals surface area contributed by atoms with Gasteiger partial charge in [-0.1, -0.05) is 186 Å². The van der Waals surface area contributed by atoms with E-state index in [9.17, 15) is 14.4 Å². The lowest BCUT2D eigenvalue weighted by molar-refractivity contribution is -0.147. The van der Waals surface area contributed by atoms with Crippen molar-refractivity contribution in [1.29, 1.82) is 0 Å². The maximum Gasteiger partial charge on any atom is 0.322 e. The predicted octanol–water partition coefficient (Wildman–Crippen LogP) is 14.3. The van der Waals surface area contributed by atoms with E-state index in [1.54, 1.807) is 0 Å². The van der Waals surface area contributed by atoms with Crippen molar-refractivity contribution < 1.29 is 24.2 Å². The Morgan fingerprint density at radius 1 is 0.491 bits per heavy atom. The fourth-order valence-corrected chi connectivity index (χ4v) is 6.89. The molecule has 0 saturated carbocycles. The van der Waals surface area contributed by atoms with Crippen molar-refractivity contribution >= 4 is 17.8 Å². The van der Waals surface area contributed by atoms with Crippen LogP contribution in [0, 0.1) is 0 Å². The van der Waals surface area contributed by atoms with Crippen molar-refractivity contribution in [1.82, 2.24) is 5.32 Å². The molecule has 0 heterocycles. The molecule has 2 N–H and O–H groups in total. The van der Waals surface area contributed by atoms with Gasteiger partial charge in [-0.05, 0) is 70.3 Å². The number of ether oxygens (including phenoxy) is 1. The van der Waals surface area contributed by atoms with Crippen LogP contribution in [0.15, 0.2) is 24.3 Å². The molecule has 0 saturated heterocycles. The van der Waals surface area contributed by atoms with Gasteiger partial charge in [0.25, 0.3) is 0 Å². The lowest BCUT2D eigenvalue weighted by Crippen LogP contribution is -2.28. The van der Waals surface area contributed by atoms with Crippen LogP contribution in [-0.2, 0) is 19.1 Å². The topological polar surface area (TPSA) is 92.7 Å². The van der Waals surface area contributed by atoms with Gasteiger partial charge in [0.2, 0.25) is 5.91 Å². The van der Waals surface area contributed by atoms with Crippen molar-refractivity contribution in [3.63, 3.8) is 0 Å². The van der Waals surface area contributed by atoms with Gasteiger partial charge in [-0.15, -0.1) is 0 Å². The molecule has 0 rings (SSSR count). The summed E-state index contributed by atoms with van der Waals surface area (Å²) >= 11 is 0. The molecular formula is C47H87NO5. The normalized spacial score (nSPS) is 12.2. The fourth-order valence-electron chi connectivity index (χ4n) is 6.89. The maximum atomic E-state index is 12.7. The van der Waals surface area contributed by atoms with Gasteiger partial charge in [-0.25, -0.2) is 0 Å². The average molecular weight is 746 g/mol. The molecule has 0 aliphatic rings. The third-order valence-corrected chi connectivity index (χ3v) is 10.3. The quantitative estimate of drug-likeness (QED) is 0.0369. The van der Waals surface area contributed by atoms with Crippen LogP contribution in [0.3, 0.4) is 0 Å². The first kappa shape index (κ1) is 50.9. The van der Waals surface area contributed by atoms with E-state index in [4.69, 9.17) is 9.84 Å². The molecule has 0 aromatic heterocycles. The number of carbonyl (C=O) groups is 3. The largest absolute Gasteiger partial charge is 0.480 e. The molecule has 310 valence electrons. The number of esters is 1. The number of nitrogens with one attached hydrogen (secondary N) is 1. The van der Waals surface area contributed by atoms with E-state index in [2.05, 4.69) is 43.5 Å². The molecule has 0 spiro atoms. The number of hydrogen-bond donors (Lipinski definition) is 2. The Bertz CT molecular complexity index is 869. The molecule has 0 aromatic rings. The number of allylic oxidation sites excluding steroid dienone is 3. The molecule has 0 fully saturated rings. The highest BCUT2D eigenvalue weighted by atomic mass is 16.5. The summed E-state index contributed by atoms with van der Waals surface area (Å²) < 4.78 is 5.92. The number of carbonyl (C=O) groups excluding carboxylic acids is 2. The van der Waals surface area contributed by atoms with E-state index in [0.717, 1.165) is 51.4 Å². The van der Waals surface area contributed by atoms with Crippen molar-refractivity contribution in [3.05, 3.63) is 24.3 Å². The SMILES string of the molecule is CCCCCCCCC/C=C\C(CCCCCCC(=O)NCC(=O)O)OC(=O)CCCCCCCCCCCCC/C=C\CCCCCCCCCC. The van der Waals surface area contributed by atoms with Crippen LogP contribution in [0.4, 0.5) is 0 Å². The number of carboxylic acids is 1. The van der Waals surface area contributed by atoms with Crippen LogP contribution in [0.5, 0.6) is 0 Å².